The highest BCUT2D eigenvalue weighted by molar-refractivity contribution is 6.34. The fraction of sp³-hybridized carbons (Fsp3) is 0.487. The van der Waals surface area contributed by atoms with Crippen LogP contribution in [0.4, 0.5) is 5.69 Å². The molecular weight excluding hydrogens is 658 g/mol. The second-order valence-electron chi connectivity index (χ2n) is 13.5. The van der Waals surface area contributed by atoms with Crippen LogP contribution in [0.1, 0.15) is 63.2 Å². The van der Waals surface area contributed by atoms with Gasteiger partial charge in [-0.3, -0.25) is 19.2 Å². The van der Waals surface area contributed by atoms with E-state index in [1.165, 1.54) is 9.80 Å². The number of halogens is 1. The van der Waals surface area contributed by atoms with Gasteiger partial charge in [-0.15, -0.1) is 13.2 Å². The zero-order valence-electron chi connectivity index (χ0n) is 29.1. The third-order valence-corrected chi connectivity index (χ3v) is 10.9. The van der Waals surface area contributed by atoms with E-state index in [0.29, 0.717) is 42.0 Å². The standard InChI is InChI=1S/C39H48ClN3O7/c1-6-9-18-31(45)41-22-30(26-15-11-10-12-16-26)49-38(48)32-29-19-20-39(50-29)33(32)36(46)43(28(23-44)24(4)8-3)35(39)37(47)42(21-7-2)34-25(5)14-13-17-27(34)40/h6-7,10-17,24,28-30,32-33,35,44H,1-2,8-9,18-23H2,3-5H3,(H,41,45)/t24-,28-,29+,30+,32-,33-,35+,39-/m0/s1. The molecule has 1 spiro atoms. The summed E-state index contributed by atoms with van der Waals surface area (Å²) in [5.41, 5.74) is 0.613. The molecule has 2 aromatic rings. The molecule has 3 saturated heterocycles. The van der Waals surface area contributed by atoms with Crippen molar-refractivity contribution in [3.8, 4) is 0 Å². The smallest absolute Gasteiger partial charge is 0.313 e. The van der Waals surface area contributed by atoms with Gasteiger partial charge in [-0.25, -0.2) is 0 Å². The van der Waals surface area contributed by atoms with Crippen LogP contribution < -0.4 is 10.2 Å². The van der Waals surface area contributed by atoms with Crippen molar-refractivity contribution in [3.63, 3.8) is 0 Å². The number of aryl methyl sites for hydroxylation is 1. The van der Waals surface area contributed by atoms with Crippen LogP contribution in [-0.4, -0.2) is 77.2 Å². The van der Waals surface area contributed by atoms with Crippen LogP contribution in [0.2, 0.25) is 5.02 Å². The Morgan fingerprint density at radius 2 is 1.92 bits per heavy atom. The Morgan fingerprint density at radius 1 is 1.18 bits per heavy atom. The Hall–Kier alpha value is -3.99. The van der Waals surface area contributed by atoms with Gasteiger partial charge < -0.3 is 29.7 Å². The molecule has 2 N–H and O–H groups in total. The Balaban J connectivity index is 1.53. The van der Waals surface area contributed by atoms with Crippen molar-refractivity contribution in [3.05, 3.63) is 90.0 Å². The van der Waals surface area contributed by atoms with E-state index in [9.17, 15) is 19.5 Å². The number of allylic oxidation sites excluding steroid dienone is 1. The Kier molecular flexibility index (Phi) is 11.9. The van der Waals surface area contributed by atoms with E-state index in [1.54, 1.807) is 24.3 Å². The molecule has 2 bridgehead atoms. The average molecular weight is 706 g/mol. The van der Waals surface area contributed by atoms with E-state index in [4.69, 9.17) is 21.1 Å². The lowest BCUT2D eigenvalue weighted by molar-refractivity contribution is -0.161. The second-order valence-corrected chi connectivity index (χ2v) is 14.0. The molecular formula is C39H48ClN3O7. The average Bonchev–Trinajstić information content (AvgIpc) is 3.76. The third kappa shape index (κ3) is 6.85. The number of fused-ring (bicyclic) bond motifs is 1. The molecule has 0 aromatic heterocycles. The summed E-state index contributed by atoms with van der Waals surface area (Å²) in [7, 11) is 0. The van der Waals surface area contributed by atoms with Gasteiger partial charge in [0.1, 0.15) is 17.7 Å². The molecule has 0 radical (unpaired) electrons. The number of hydrogen-bond acceptors (Lipinski definition) is 7. The maximum absolute atomic E-state index is 15.0. The molecule has 3 aliphatic heterocycles. The van der Waals surface area contributed by atoms with Gasteiger partial charge in [-0.05, 0) is 49.3 Å². The van der Waals surface area contributed by atoms with E-state index >= 15 is 4.79 Å². The van der Waals surface area contributed by atoms with Crippen LogP contribution in [0.5, 0.6) is 0 Å². The first kappa shape index (κ1) is 37.3. The van der Waals surface area contributed by atoms with E-state index in [1.807, 2.05) is 57.2 Å². The maximum Gasteiger partial charge on any atom is 0.313 e. The molecule has 3 fully saturated rings. The molecule has 0 unspecified atom stereocenters. The van der Waals surface area contributed by atoms with Crippen LogP contribution in [0.15, 0.2) is 73.8 Å². The van der Waals surface area contributed by atoms with Gasteiger partial charge in [0.05, 0.1) is 47.8 Å². The molecule has 0 aliphatic carbocycles. The number of esters is 1. The number of carbonyl (C=O) groups is 4. The van der Waals surface area contributed by atoms with Gasteiger partial charge in [-0.1, -0.05) is 86.5 Å². The first-order valence-corrected chi connectivity index (χ1v) is 17.8. The number of aliphatic hydroxyl groups excluding tert-OH is 1. The highest BCUT2D eigenvalue weighted by atomic mass is 35.5. The number of carbonyl (C=O) groups excluding carboxylic acids is 4. The fourth-order valence-corrected chi connectivity index (χ4v) is 8.31. The molecule has 8 atom stereocenters. The van der Waals surface area contributed by atoms with Crippen LogP contribution in [0.25, 0.3) is 0 Å². The summed E-state index contributed by atoms with van der Waals surface area (Å²) in [6.07, 6.45) is 3.99. The van der Waals surface area contributed by atoms with Gasteiger partial charge in [0.25, 0.3) is 5.91 Å². The van der Waals surface area contributed by atoms with Gasteiger partial charge in [0.2, 0.25) is 11.8 Å². The summed E-state index contributed by atoms with van der Waals surface area (Å²) < 4.78 is 12.8. The summed E-state index contributed by atoms with van der Waals surface area (Å²) in [6, 6.07) is 12.6. The Morgan fingerprint density at radius 3 is 2.56 bits per heavy atom. The minimum Gasteiger partial charge on any atom is -0.455 e. The van der Waals surface area contributed by atoms with Crippen LogP contribution in [-0.2, 0) is 28.7 Å². The number of benzene rings is 2. The molecule has 3 heterocycles. The molecule has 0 saturated carbocycles. The number of amides is 3. The predicted molar refractivity (Wildman–Crippen MR) is 191 cm³/mol. The zero-order valence-corrected chi connectivity index (χ0v) is 29.8. The zero-order chi connectivity index (χ0) is 36.2. The molecule has 3 aliphatic rings. The van der Waals surface area contributed by atoms with Gasteiger partial charge in [0.15, 0.2) is 0 Å². The number of aliphatic hydroxyl groups is 1. The molecule has 3 amide bonds. The molecule has 10 nitrogen and oxygen atoms in total. The number of hydrogen-bond donors (Lipinski definition) is 2. The number of nitrogens with zero attached hydrogens (tertiary/aromatic N) is 2. The Labute approximate surface area is 299 Å². The minimum atomic E-state index is -1.33. The molecule has 50 heavy (non-hydrogen) atoms. The maximum atomic E-state index is 15.0. The normalized spacial score (nSPS) is 25.4. The SMILES string of the molecule is C=CCCC(=O)NC[C@@H](OC(=O)[C@@H]1[C@H]2C(=O)N([C@@H](CO)[C@@H](C)CC)[C@H](C(=O)N(CC=C)c3c(C)cccc3Cl)[C@]23CC[C@H]1O3)c1ccccc1. The number of para-hydroxylation sites is 1. The van der Waals surface area contributed by atoms with Crippen LogP contribution in [0.3, 0.4) is 0 Å². The molecule has 11 heteroatoms. The van der Waals surface area contributed by atoms with Crippen molar-refractivity contribution in [2.45, 2.75) is 82.8 Å². The topological polar surface area (TPSA) is 125 Å². The summed E-state index contributed by atoms with van der Waals surface area (Å²) in [5, 5.41) is 14.0. The lowest BCUT2D eigenvalue weighted by Gasteiger charge is -2.41. The molecule has 5 rings (SSSR count). The van der Waals surface area contributed by atoms with Crippen LogP contribution in [0, 0.1) is 24.7 Å². The monoisotopic (exact) mass is 705 g/mol. The lowest BCUT2D eigenvalue weighted by atomic mass is 9.70. The second kappa shape index (κ2) is 15.9. The van der Waals surface area contributed by atoms with E-state index in [-0.39, 0.29) is 37.9 Å². The summed E-state index contributed by atoms with van der Waals surface area (Å²) in [4.78, 5) is 59.6. The summed E-state index contributed by atoms with van der Waals surface area (Å²) in [5.74, 6) is -3.86. The van der Waals surface area contributed by atoms with Crippen molar-refractivity contribution in [1.82, 2.24) is 10.2 Å². The number of rotatable bonds is 16. The number of nitrogens with one attached hydrogen (secondary N) is 1. The quantitative estimate of drug-likeness (QED) is 0.179. The highest BCUT2D eigenvalue weighted by Crippen LogP contribution is 2.60. The third-order valence-electron chi connectivity index (χ3n) is 10.6. The van der Waals surface area contributed by atoms with Crippen molar-refractivity contribution in [2.75, 3.05) is 24.6 Å². The minimum absolute atomic E-state index is 0.0370. The predicted octanol–water partition coefficient (Wildman–Crippen LogP) is 5.32. The van der Waals surface area contributed by atoms with Gasteiger partial charge in [-0.2, -0.15) is 0 Å². The van der Waals surface area contributed by atoms with Crippen molar-refractivity contribution >= 4 is 41.0 Å². The largest absolute Gasteiger partial charge is 0.455 e. The number of ether oxygens (including phenoxy) is 2. The summed E-state index contributed by atoms with van der Waals surface area (Å²) in [6.45, 7) is 13.1. The first-order valence-electron chi connectivity index (χ1n) is 17.5. The first-order chi connectivity index (χ1) is 24.0. The number of likely N-dealkylation sites (tertiary alicyclic amines) is 1. The van der Waals surface area contributed by atoms with Crippen molar-refractivity contribution < 1.29 is 33.8 Å². The van der Waals surface area contributed by atoms with Gasteiger partial charge >= 0.3 is 5.97 Å². The van der Waals surface area contributed by atoms with Crippen molar-refractivity contribution in [1.29, 1.82) is 0 Å². The van der Waals surface area contributed by atoms with E-state index < -0.39 is 59.5 Å². The van der Waals surface area contributed by atoms with Gasteiger partial charge in [0, 0.05) is 13.0 Å². The van der Waals surface area contributed by atoms with Crippen LogP contribution >= 0.6 is 11.6 Å². The molecule has 268 valence electrons. The fourth-order valence-electron chi connectivity index (χ4n) is 7.99. The molecule has 2 aromatic carbocycles. The van der Waals surface area contributed by atoms with Crippen molar-refractivity contribution in [2.24, 2.45) is 17.8 Å². The summed E-state index contributed by atoms with van der Waals surface area (Å²) >= 11 is 6.69. The Bertz CT molecular complexity index is 1580. The highest BCUT2D eigenvalue weighted by Gasteiger charge is 2.76. The van der Waals surface area contributed by atoms with E-state index in [0.717, 1.165) is 5.56 Å². The lowest BCUT2D eigenvalue weighted by Crippen LogP contribution is -2.60. The number of anilines is 1. The van der Waals surface area contributed by atoms with E-state index in [2.05, 4.69) is 18.5 Å².